The summed E-state index contributed by atoms with van der Waals surface area (Å²) in [4.78, 5) is 7.15. The van der Waals surface area contributed by atoms with Crippen LogP contribution in [0.25, 0.3) is 0 Å². The van der Waals surface area contributed by atoms with Crippen molar-refractivity contribution < 1.29 is 4.39 Å². The molecule has 23 heavy (non-hydrogen) atoms. The molecule has 0 saturated carbocycles. The van der Waals surface area contributed by atoms with E-state index < -0.39 is 0 Å². The number of aromatic amines is 1. The lowest BCUT2D eigenvalue weighted by molar-refractivity contribution is 0.624. The second kappa shape index (κ2) is 6.89. The van der Waals surface area contributed by atoms with Crippen LogP contribution in [-0.2, 0) is 6.42 Å². The summed E-state index contributed by atoms with van der Waals surface area (Å²) in [5.41, 5.74) is 3.90. The number of nitrogens with zero attached hydrogens (tertiary/aromatic N) is 2. The van der Waals surface area contributed by atoms with E-state index in [2.05, 4.69) is 16.0 Å². The van der Waals surface area contributed by atoms with Crippen LogP contribution in [0.2, 0.25) is 0 Å². The maximum Gasteiger partial charge on any atom is 0.123 e. The first-order valence-corrected chi connectivity index (χ1v) is 7.49. The van der Waals surface area contributed by atoms with Crippen molar-refractivity contribution in [1.82, 2.24) is 9.97 Å². The van der Waals surface area contributed by atoms with Crippen molar-refractivity contribution in [3.05, 3.63) is 89.3 Å². The molecule has 0 spiro atoms. The van der Waals surface area contributed by atoms with Crippen LogP contribution >= 0.6 is 0 Å². The lowest BCUT2D eigenvalue weighted by atomic mass is 9.87. The SMILES string of the molecule is N#Cc1ccc(C(CCc2cnc[nH]2)c2ccc(F)cc2)cc1. The molecular formula is C19H16FN3. The molecule has 114 valence electrons. The molecule has 3 rings (SSSR count). The van der Waals surface area contributed by atoms with Crippen molar-refractivity contribution in [2.75, 3.05) is 0 Å². The fourth-order valence-electron chi connectivity index (χ4n) is 2.73. The monoisotopic (exact) mass is 305 g/mol. The van der Waals surface area contributed by atoms with Crippen LogP contribution in [-0.4, -0.2) is 9.97 Å². The van der Waals surface area contributed by atoms with E-state index in [1.807, 2.05) is 42.6 Å². The molecule has 1 atom stereocenters. The van der Waals surface area contributed by atoms with Crippen molar-refractivity contribution in [1.29, 1.82) is 5.26 Å². The van der Waals surface area contributed by atoms with E-state index in [4.69, 9.17) is 5.26 Å². The molecule has 0 aliphatic carbocycles. The molecule has 0 radical (unpaired) electrons. The number of hydrogen-bond donors (Lipinski definition) is 1. The fourth-order valence-corrected chi connectivity index (χ4v) is 2.73. The molecule has 0 fully saturated rings. The van der Waals surface area contributed by atoms with Gasteiger partial charge in [-0.1, -0.05) is 24.3 Å². The minimum absolute atomic E-state index is 0.145. The van der Waals surface area contributed by atoms with Crippen molar-refractivity contribution in [3.8, 4) is 6.07 Å². The highest BCUT2D eigenvalue weighted by Gasteiger charge is 2.15. The highest BCUT2D eigenvalue weighted by atomic mass is 19.1. The maximum atomic E-state index is 13.2. The van der Waals surface area contributed by atoms with Gasteiger partial charge in [-0.25, -0.2) is 9.37 Å². The molecule has 2 aromatic carbocycles. The molecule has 1 unspecified atom stereocenters. The van der Waals surface area contributed by atoms with Crippen molar-refractivity contribution in [3.63, 3.8) is 0 Å². The Kier molecular flexibility index (Phi) is 4.49. The van der Waals surface area contributed by atoms with E-state index in [9.17, 15) is 4.39 Å². The van der Waals surface area contributed by atoms with Gasteiger partial charge in [-0.15, -0.1) is 0 Å². The summed E-state index contributed by atoms with van der Waals surface area (Å²) in [6.45, 7) is 0. The Hall–Kier alpha value is -2.93. The third kappa shape index (κ3) is 3.64. The second-order valence-corrected chi connectivity index (χ2v) is 5.45. The van der Waals surface area contributed by atoms with Gasteiger partial charge in [0.05, 0.1) is 18.0 Å². The van der Waals surface area contributed by atoms with E-state index in [-0.39, 0.29) is 11.7 Å². The molecule has 3 nitrogen and oxygen atoms in total. The molecule has 0 aliphatic heterocycles. The summed E-state index contributed by atoms with van der Waals surface area (Å²) in [6.07, 6.45) is 5.21. The smallest absolute Gasteiger partial charge is 0.123 e. The number of H-pyrrole nitrogens is 1. The van der Waals surface area contributed by atoms with E-state index in [0.717, 1.165) is 29.7 Å². The van der Waals surface area contributed by atoms with E-state index >= 15 is 0 Å². The lowest BCUT2D eigenvalue weighted by Crippen LogP contribution is -2.04. The standard InChI is InChI=1S/C19H16FN3/c20-17-7-5-16(6-8-17)19(10-9-18-12-22-13-23-18)15-3-1-14(11-21)2-4-15/h1-8,12-13,19H,9-10H2,(H,22,23). The zero-order valence-corrected chi connectivity index (χ0v) is 12.5. The van der Waals surface area contributed by atoms with Crippen molar-refractivity contribution in [2.24, 2.45) is 0 Å². The Morgan fingerprint density at radius 1 is 1.04 bits per heavy atom. The normalized spacial score (nSPS) is 11.8. The van der Waals surface area contributed by atoms with E-state index in [1.165, 1.54) is 12.1 Å². The van der Waals surface area contributed by atoms with Crippen LogP contribution in [0, 0.1) is 17.1 Å². The molecule has 1 heterocycles. The topological polar surface area (TPSA) is 52.5 Å². The molecular weight excluding hydrogens is 289 g/mol. The van der Waals surface area contributed by atoms with Gasteiger partial charge < -0.3 is 4.98 Å². The van der Waals surface area contributed by atoms with Gasteiger partial charge >= 0.3 is 0 Å². The fraction of sp³-hybridized carbons (Fsp3) is 0.158. The van der Waals surface area contributed by atoms with E-state index in [1.54, 1.807) is 6.33 Å². The summed E-state index contributed by atoms with van der Waals surface area (Å²) < 4.78 is 13.2. The molecule has 3 aromatic rings. The minimum atomic E-state index is -0.235. The predicted molar refractivity (Wildman–Crippen MR) is 86.3 cm³/mol. The minimum Gasteiger partial charge on any atom is -0.348 e. The number of aryl methyl sites for hydroxylation is 1. The molecule has 0 amide bonds. The van der Waals surface area contributed by atoms with Gasteiger partial charge in [-0.3, -0.25) is 0 Å². The quantitative estimate of drug-likeness (QED) is 0.768. The summed E-state index contributed by atoms with van der Waals surface area (Å²) >= 11 is 0. The van der Waals surface area contributed by atoms with Crippen LogP contribution < -0.4 is 0 Å². The van der Waals surface area contributed by atoms with Crippen LogP contribution in [0.4, 0.5) is 4.39 Å². The third-order valence-corrected chi connectivity index (χ3v) is 3.97. The molecule has 0 bridgehead atoms. The van der Waals surface area contributed by atoms with Gasteiger partial charge in [0.25, 0.3) is 0 Å². The largest absolute Gasteiger partial charge is 0.348 e. The molecule has 1 N–H and O–H groups in total. The number of imidazole rings is 1. The average molecular weight is 305 g/mol. The van der Waals surface area contributed by atoms with Gasteiger partial charge in [-0.2, -0.15) is 5.26 Å². The maximum absolute atomic E-state index is 13.2. The zero-order valence-electron chi connectivity index (χ0n) is 12.5. The first-order chi connectivity index (χ1) is 11.3. The van der Waals surface area contributed by atoms with Crippen molar-refractivity contribution >= 4 is 0 Å². The number of aromatic nitrogens is 2. The van der Waals surface area contributed by atoms with Gasteiger partial charge in [0.1, 0.15) is 5.82 Å². The summed E-state index contributed by atoms with van der Waals surface area (Å²) in [6, 6.07) is 16.3. The number of nitriles is 1. The first-order valence-electron chi connectivity index (χ1n) is 7.49. The van der Waals surface area contributed by atoms with Gasteiger partial charge in [0.15, 0.2) is 0 Å². The Morgan fingerprint density at radius 2 is 1.70 bits per heavy atom. The lowest BCUT2D eigenvalue weighted by Gasteiger charge is -2.18. The molecule has 0 aliphatic rings. The van der Waals surface area contributed by atoms with Crippen LogP contribution in [0.1, 0.15) is 34.7 Å². The highest BCUT2D eigenvalue weighted by molar-refractivity contribution is 5.37. The summed E-state index contributed by atoms with van der Waals surface area (Å²) in [5.74, 6) is -0.0902. The van der Waals surface area contributed by atoms with Gasteiger partial charge in [0.2, 0.25) is 0 Å². The Labute approximate surface area is 134 Å². The number of hydrogen-bond acceptors (Lipinski definition) is 2. The van der Waals surface area contributed by atoms with Crippen LogP contribution in [0.5, 0.6) is 0 Å². The number of benzene rings is 2. The zero-order chi connectivity index (χ0) is 16.1. The molecule has 4 heteroatoms. The third-order valence-electron chi connectivity index (χ3n) is 3.97. The Morgan fingerprint density at radius 3 is 2.26 bits per heavy atom. The first kappa shape index (κ1) is 15.0. The van der Waals surface area contributed by atoms with Gasteiger partial charge in [0, 0.05) is 17.8 Å². The summed E-state index contributed by atoms with van der Waals surface area (Å²) in [7, 11) is 0. The Balaban J connectivity index is 1.88. The summed E-state index contributed by atoms with van der Waals surface area (Å²) in [5, 5.41) is 8.94. The highest BCUT2D eigenvalue weighted by Crippen LogP contribution is 2.29. The van der Waals surface area contributed by atoms with E-state index in [0.29, 0.717) is 5.56 Å². The van der Waals surface area contributed by atoms with Crippen molar-refractivity contribution in [2.45, 2.75) is 18.8 Å². The van der Waals surface area contributed by atoms with Gasteiger partial charge in [-0.05, 0) is 48.2 Å². The average Bonchev–Trinajstić information content (AvgIpc) is 3.10. The predicted octanol–water partition coefficient (Wildman–Crippen LogP) is 4.19. The second-order valence-electron chi connectivity index (χ2n) is 5.45. The number of nitrogens with one attached hydrogen (secondary N) is 1. The van der Waals surface area contributed by atoms with Crippen LogP contribution in [0.15, 0.2) is 61.1 Å². The Bertz CT molecular complexity index is 784. The molecule has 0 saturated heterocycles. The number of rotatable bonds is 5. The number of halogens is 1. The van der Waals surface area contributed by atoms with Crippen LogP contribution in [0.3, 0.4) is 0 Å². The molecule has 1 aromatic heterocycles.